The minimum atomic E-state index is -1.18. The molecule has 112 valence electrons. The zero-order chi connectivity index (χ0) is 11.0. The highest BCUT2D eigenvalue weighted by Crippen LogP contribution is 1.73. The predicted molar refractivity (Wildman–Crippen MR) is 69.1 cm³/mol. The molecular formula is C10H26N2O6. The van der Waals surface area contributed by atoms with Crippen molar-refractivity contribution in [3.63, 3.8) is 0 Å². The summed E-state index contributed by atoms with van der Waals surface area (Å²) in [5, 5.41) is 20.3. The molecule has 0 aromatic carbocycles. The number of carboxylic acid groups (broad SMARTS) is 1. The summed E-state index contributed by atoms with van der Waals surface area (Å²) in [7, 11) is 0. The molecule has 0 aromatic rings. The van der Waals surface area contributed by atoms with Gasteiger partial charge in [-0.2, -0.15) is 0 Å². The van der Waals surface area contributed by atoms with E-state index in [9.17, 15) is 14.4 Å². The van der Waals surface area contributed by atoms with Crippen molar-refractivity contribution in [3.05, 3.63) is 0 Å². The molecular weight excluding hydrogens is 244 g/mol. The first-order chi connectivity index (χ1) is 6.56. The fraction of sp³-hybridized carbons (Fsp3) is 0.700. The van der Waals surface area contributed by atoms with Crippen molar-refractivity contribution < 1.29 is 29.3 Å². The Bertz CT molecular complexity index is 232. The van der Waals surface area contributed by atoms with Gasteiger partial charge in [-0.25, -0.2) is 4.79 Å². The van der Waals surface area contributed by atoms with E-state index in [4.69, 9.17) is 10.2 Å². The Morgan fingerprint density at radius 3 is 1.83 bits per heavy atom. The molecule has 0 spiro atoms. The summed E-state index contributed by atoms with van der Waals surface area (Å²) in [5.74, 6) is -1.85. The Morgan fingerprint density at radius 1 is 0.944 bits per heavy atom. The average Bonchev–Trinajstić information content (AvgIpc) is 2.12. The number of ether oxygens (including phenoxy) is 1. The first-order valence-corrected chi connectivity index (χ1v) is 3.56. The number of rotatable bonds is 5. The number of alkyl carbamates (subject to hydrolysis) is 1. The summed E-state index contributed by atoms with van der Waals surface area (Å²) < 4.78 is 4.03. The van der Waals surface area contributed by atoms with Gasteiger partial charge in [0.1, 0.15) is 13.1 Å². The fourth-order valence-corrected chi connectivity index (χ4v) is 0.499. The minimum absolute atomic E-state index is 0. The van der Waals surface area contributed by atoms with Crippen molar-refractivity contribution in [1.29, 1.82) is 0 Å². The summed E-state index contributed by atoms with van der Waals surface area (Å²) in [6.45, 7) is -1.72. The smallest absolute Gasteiger partial charge is 0.409 e. The van der Waals surface area contributed by atoms with Crippen LogP contribution >= 0.6 is 0 Å². The number of aliphatic hydroxyl groups excluding tert-OH is 1. The molecule has 8 nitrogen and oxygen atoms in total. The molecule has 0 fully saturated rings. The van der Waals surface area contributed by atoms with Crippen LogP contribution < -0.4 is 10.6 Å². The molecule has 0 saturated heterocycles. The Labute approximate surface area is 108 Å². The molecule has 0 saturated carbocycles. The number of hydrogen-bond acceptors (Lipinski definition) is 5. The highest BCUT2D eigenvalue weighted by Gasteiger charge is 2.06. The number of nitrogens with one attached hydrogen (secondary N) is 2. The van der Waals surface area contributed by atoms with Gasteiger partial charge in [0.05, 0.1) is 0 Å². The van der Waals surface area contributed by atoms with Gasteiger partial charge in [-0.1, -0.05) is 29.7 Å². The third kappa shape index (κ3) is 19.7. The normalized spacial score (nSPS) is 6.94. The Kier molecular flexibility index (Phi) is 29.1. The van der Waals surface area contributed by atoms with Crippen LogP contribution in [0.2, 0.25) is 0 Å². The Morgan fingerprint density at radius 2 is 1.44 bits per heavy atom. The topological polar surface area (TPSA) is 125 Å². The molecule has 0 heterocycles. The summed E-state index contributed by atoms with van der Waals surface area (Å²) in [5.41, 5.74) is 0. The van der Waals surface area contributed by atoms with Crippen molar-refractivity contribution in [2.75, 3.05) is 19.9 Å². The van der Waals surface area contributed by atoms with E-state index >= 15 is 0 Å². The maximum Gasteiger partial charge on any atom is 0.409 e. The summed E-state index contributed by atoms with van der Waals surface area (Å²) >= 11 is 0. The lowest BCUT2D eigenvalue weighted by molar-refractivity contribution is -0.137. The maximum absolute atomic E-state index is 10.7. The van der Waals surface area contributed by atoms with Crippen LogP contribution in [-0.4, -0.2) is 48.1 Å². The molecule has 0 atom stereocenters. The molecule has 18 heavy (non-hydrogen) atoms. The van der Waals surface area contributed by atoms with Crippen LogP contribution in [0, 0.1) is 0 Å². The summed E-state index contributed by atoms with van der Waals surface area (Å²) in [4.78, 5) is 31.2. The van der Waals surface area contributed by atoms with Crippen molar-refractivity contribution >= 4 is 18.0 Å². The van der Waals surface area contributed by atoms with Gasteiger partial charge in [0, 0.05) is 0 Å². The number of hydrogen-bond donors (Lipinski definition) is 4. The summed E-state index contributed by atoms with van der Waals surface area (Å²) in [6.07, 6.45) is -0.960. The zero-order valence-electron chi connectivity index (χ0n) is 7.15. The van der Waals surface area contributed by atoms with Gasteiger partial charge < -0.3 is 25.6 Å². The first-order valence-electron chi connectivity index (χ1n) is 3.56. The Hall–Kier alpha value is -1.83. The molecule has 2 amide bonds. The van der Waals surface area contributed by atoms with Gasteiger partial charge in [0.2, 0.25) is 5.91 Å². The van der Waals surface area contributed by atoms with E-state index in [0.717, 1.165) is 0 Å². The maximum atomic E-state index is 10.7. The van der Waals surface area contributed by atoms with Crippen LogP contribution in [0.15, 0.2) is 0 Å². The number of aliphatic hydroxyl groups is 1. The fourth-order valence-electron chi connectivity index (χ4n) is 0.499. The lowest BCUT2D eigenvalue weighted by atomic mass is 10.5. The SMILES string of the molecule is C.C.C.C.O=C(O)CNC(=O)CNC(=O)OCO. The van der Waals surface area contributed by atoms with E-state index < -0.39 is 37.9 Å². The van der Waals surface area contributed by atoms with Crippen LogP contribution in [0.1, 0.15) is 29.7 Å². The van der Waals surface area contributed by atoms with E-state index in [1.54, 1.807) is 0 Å². The molecule has 0 aliphatic heterocycles. The van der Waals surface area contributed by atoms with Crippen molar-refractivity contribution in [1.82, 2.24) is 10.6 Å². The number of carbonyl (C=O) groups is 3. The monoisotopic (exact) mass is 270 g/mol. The molecule has 0 radical (unpaired) electrons. The van der Waals surface area contributed by atoms with Crippen LogP contribution in [0.5, 0.6) is 0 Å². The van der Waals surface area contributed by atoms with Gasteiger partial charge in [-0.05, 0) is 0 Å². The molecule has 8 heteroatoms. The van der Waals surface area contributed by atoms with E-state index in [1.807, 2.05) is 10.6 Å². The highest BCUT2D eigenvalue weighted by molar-refractivity contribution is 5.84. The van der Waals surface area contributed by atoms with Crippen LogP contribution in [-0.2, 0) is 14.3 Å². The van der Waals surface area contributed by atoms with E-state index in [2.05, 4.69) is 4.74 Å². The molecule has 0 aliphatic rings. The lowest BCUT2D eigenvalue weighted by Crippen LogP contribution is -2.39. The molecule has 0 bridgehead atoms. The molecule has 0 aromatic heterocycles. The second-order valence-corrected chi connectivity index (χ2v) is 2.08. The minimum Gasteiger partial charge on any atom is -0.480 e. The molecule has 0 aliphatic carbocycles. The highest BCUT2D eigenvalue weighted by atomic mass is 16.6. The van der Waals surface area contributed by atoms with Crippen molar-refractivity contribution in [2.45, 2.75) is 29.7 Å². The third-order valence-electron chi connectivity index (χ3n) is 1.03. The van der Waals surface area contributed by atoms with Crippen LogP contribution in [0.4, 0.5) is 4.79 Å². The van der Waals surface area contributed by atoms with E-state index in [0.29, 0.717) is 0 Å². The van der Waals surface area contributed by atoms with Crippen molar-refractivity contribution in [3.8, 4) is 0 Å². The summed E-state index contributed by atoms with van der Waals surface area (Å²) in [6, 6.07) is 0. The molecule has 0 rings (SSSR count). The quantitative estimate of drug-likeness (QED) is 0.536. The first kappa shape index (κ1) is 29.8. The number of aliphatic carboxylic acids is 1. The lowest BCUT2D eigenvalue weighted by Gasteiger charge is -2.04. The second-order valence-electron chi connectivity index (χ2n) is 2.08. The van der Waals surface area contributed by atoms with Crippen LogP contribution in [0.3, 0.4) is 0 Å². The number of carboxylic acids is 1. The standard InChI is InChI=1S/C6H10N2O6.4CH4/c9-3-14-6(13)8-1-4(10)7-2-5(11)12;;;;/h9H,1-3H2,(H,7,10)(H,8,13)(H,11,12);4*1H4. The number of amides is 2. The van der Waals surface area contributed by atoms with Gasteiger partial charge in [0.25, 0.3) is 0 Å². The van der Waals surface area contributed by atoms with Gasteiger partial charge >= 0.3 is 12.1 Å². The average molecular weight is 270 g/mol. The van der Waals surface area contributed by atoms with Crippen molar-refractivity contribution in [2.24, 2.45) is 0 Å². The third-order valence-corrected chi connectivity index (χ3v) is 1.03. The number of carbonyl (C=O) groups excluding carboxylic acids is 2. The molecule has 0 unspecified atom stereocenters. The Balaban J connectivity index is -0.000000141. The van der Waals surface area contributed by atoms with E-state index in [-0.39, 0.29) is 29.7 Å². The molecule has 4 N–H and O–H groups in total. The van der Waals surface area contributed by atoms with Crippen LogP contribution in [0.25, 0.3) is 0 Å². The second kappa shape index (κ2) is 17.6. The van der Waals surface area contributed by atoms with Gasteiger partial charge in [0.15, 0.2) is 6.79 Å². The largest absolute Gasteiger partial charge is 0.480 e. The van der Waals surface area contributed by atoms with E-state index in [1.165, 1.54) is 0 Å². The predicted octanol–water partition coefficient (Wildman–Crippen LogP) is 0.408. The van der Waals surface area contributed by atoms with Gasteiger partial charge in [-0.3, -0.25) is 9.59 Å². The van der Waals surface area contributed by atoms with Gasteiger partial charge in [-0.15, -0.1) is 0 Å². The zero-order valence-corrected chi connectivity index (χ0v) is 7.15.